The number of rotatable bonds is 0. The van der Waals surface area contributed by atoms with Gasteiger partial charge in [0, 0.05) is 23.0 Å². The Morgan fingerprint density at radius 3 is 1.78 bits per heavy atom. The van der Waals surface area contributed by atoms with Gasteiger partial charge in [0.25, 0.3) is 0 Å². The average Bonchev–Trinajstić information content (AvgIpc) is 3.10. The van der Waals surface area contributed by atoms with Crippen molar-refractivity contribution in [3.8, 4) is 0 Å². The van der Waals surface area contributed by atoms with Crippen molar-refractivity contribution < 1.29 is 9.59 Å². The largest absolute Gasteiger partial charge is 0.294 e. The van der Waals surface area contributed by atoms with Gasteiger partial charge in [-0.1, -0.05) is 12.2 Å². The smallest absolute Gasteiger partial charge is 0.163 e. The summed E-state index contributed by atoms with van der Waals surface area (Å²) in [5.41, 5.74) is 1.97. The van der Waals surface area contributed by atoms with Gasteiger partial charge in [-0.3, -0.25) is 9.59 Å². The maximum Gasteiger partial charge on any atom is 0.163 e. The lowest BCUT2D eigenvalue weighted by Gasteiger charge is -2.34. The summed E-state index contributed by atoms with van der Waals surface area (Å²) in [4.78, 5) is 25.5. The summed E-state index contributed by atoms with van der Waals surface area (Å²) in [6.45, 7) is 0. The van der Waals surface area contributed by atoms with Crippen LogP contribution in [0, 0.1) is 35.5 Å². The Kier molecular flexibility index (Phi) is 1.55. The van der Waals surface area contributed by atoms with Crippen LogP contribution in [0.25, 0.3) is 0 Å². The van der Waals surface area contributed by atoms with E-state index >= 15 is 0 Å². The van der Waals surface area contributed by atoms with E-state index in [1.807, 2.05) is 0 Å². The molecule has 5 aliphatic rings. The maximum atomic E-state index is 12.8. The SMILES string of the molecule is O=C1C2=C(C(=O)C3C4C=CC(C4)C13)C1CCC2C1. The molecule has 2 saturated carbocycles. The van der Waals surface area contributed by atoms with Crippen LogP contribution in [0.5, 0.6) is 0 Å². The second-order valence-corrected chi connectivity index (χ2v) is 6.76. The first-order chi connectivity index (χ1) is 8.75. The van der Waals surface area contributed by atoms with E-state index < -0.39 is 0 Å². The molecule has 0 radical (unpaired) electrons. The van der Waals surface area contributed by atoms with Crippen LogP contribution in [0.1, 0.15) is 25.7 Å². The van der Waals surface area contributed by atoms with Gasteiger partial charge in [-0.2, -0.15) is 0 Å². The fourth-order valence-corrected chi connectivity index (χ4v) is 5.51. The molecule has 5 aliphatic carbocycles. The zero-order valence-corrected chi connectivity index (χ0v) is 10.3. The Labute approximate surface area is 106 Å². The standard InChI is InChI=1S/C16H16O2/c17-15-11-7-1-2-8(5-7)12(11)16(18)14-10-4-3-9(6-10)13(14)15/h1-2,7-12H,3-6H2. The van der Waals surface area contributed by atoms with Crippen LogP contribution in [0.4, 0.5) is 0 Å². The molecule has 2 heteroatoms. The Hall–Kier alpha value is -1.18. The number of carbonyl (C=O) groups excluding carboxylic acids is 2. The highest BCUT2D eigenvalue weighted by Crippen LogP contribution is 2.59. The fourth-order valence-electron chi connectivity index (χ4n) is 5.51. The first kappa shape index (κ1) is 9.71. The van der Waals surface area contributed by atoms with Gasteiger partial charge in [-0.25, -0.2) is 0 Å². The first-order valence-electron chi connectivity index (χ1n) is 7.26. The monoisotopic (exact) mass is 240 g/mol. The molecule has 92 valence electrons. The second-order valence-electron chi connectivity index (χ2n) is 6.76. The molecule has 6 atom stereocenters. The lowest BCUT2D eigenvalue weighted by molar-refractivity contribution is -0.131. The third-order valence-electron chi connectivity index (χ3n) is 6.13. The minimum absolute atomic E-state index is 0.0191. The molecular weight excluding hydrogens is 224 g/mol. The van der Waals surface area contributed by atoms with Crippen molar-refractivity contribution in [2.24, 2.45) is 35.5 Å². The highest BCUT2D eigenvalue weighted by Gasteiger charge is 2.59. The van der Waals surface area contributed by atoms with Crippen molar-refractivity contribution in [2.75, 3.05) is 0 Å². The van der Waals surface area contributed by atoms with E-state index in [0.29, 0.717) is 35.2 Å². The van der Waals surface area contributed by atoms with Gasteiger partial charge in [0.1, 0.15) is 0 Å². The van der Waals surface area contributed by atoms with Gasteiger partial charge in [0.05, 0.1) is 0 Å². The third-order valence-corrected chi connectivity index (χ3v) is 6.13. The predicted molar refractivity (Wildman–Crippen MR) is 65.6 cm³/mol. The van der Waals surface area contributed by atoms with Crippen molar-refractivity contribution in [1.82, 2.24) is 0 Å². The lowest BCUT2D eigenvalue weighted by atomic mass is 9.66. The topological polar surface area (TPSA) is 34.1 Å². The normalized spacial score (nSPS) is 51.3. The molecule has 6 unspecified atom stereocenters. The van der Waals surface area contributed by atoms with Crippen LogP contribution in [-0.2, 0) is 9.59 Å². The molecule has 0 spiro atoms. The van der Waals surface area contributed by atoms with Gasteiger partial charge in [0.2, 0.25) is 0 Å². The molecule has 5 rings (SSSR count). The number of ketones is 2. The average molecular weight is 240 g/mol. The van der Waals surface area contributed by atoms with Crippen LogP contribution in [0.3, 0.4) is 0 Å². The van der Waals surface area contributed by atoms with E-state index in [1.54, 1.807) is 0 Å². The van der Waals surface area contributed by atoms with Crippen molar-refractivity contribution in [3.05, 3.63) is 23.3 Å². The highest BCUT2D eigenvalue weighted by molar-refractivity contribution is 6.16. The van der Waals surface area contributed by atoms with E-state index in [0.717, 1.165) is 36.8 Å². The number of carbonyl (C=O) groups is 2. The van der Waals surface area contributed by atoms with E-state index in [9.17, 15) is 9.59 Å². The summed E-state index contributed by atoms with van der Waals surface area (Å²) < 4.78 is 0. The molecule has 0 aromatic carbocycles. The van der Waals surface area contributed by atoms with Crippen LogP contribution >= 0.6 is 0 Å². The Balaban J connectivity index is 1.70. The number of fused-ring (bicyclic) bond motifs is 9. The first-order valence-corrected chi connectivity index (χ1v) is 7.26. The molecule has 0 aromatic heterocycles. The predicted octanol–water partition coefficient (Wildman–Crippen LogP) is 2.30. The van der Waals surface area contributed by atoms with Gasteiger partial charge < -0.3 is 0 Å². The number of hydrogen-bond donors (Lipinski definition) is 0. The maximum absolute atomic E-state index is 12.8. The van der Waals surface area contributed by atoms with E-state index in [-0.39, 0.29) is 11.8 Å². The highest BCUT2D eigenvalue weighted by atomic mass is 16.1. The zero-order valence-electron chi connectivity index (χ0n) is 10.3. The van der Waals surface area contributed by atoms with Crippen LogP contribution in [-0.4, -0.2) is 11.6 Å². The molecule has 0 heterocycles. The minimum atomic E-state index is 0.0191. The summed E-state index contributed by atoms with van der Waals surface area (Å²) in [6, 6.07) is 0. The van der Waals surface area contributed by atoms with E-state index in [1.165, 1.54) is 0 Å². The summed E-state index contributed by atoms with van der Waals surface area (Å²) in [6.07, 6.45) is 8.80. The van der Waals surface area contributed by atoms with Gasteiger partial charge in [0.15, 0.2) is 11.6 Å². The molecular formula is C16H16O2. The molecule has 18 heavy (non-hydrogen) atoms. The number of hydrogen-bond acceptors (Lipinski definition) is 2. The van der Waals surface area contributed by atoms with Crippen molar-refractivity contribution in [1.29, 1.82) is 0 Å². The molecule has 2 nitrogen and oxygen atoms in total. The Morgan fingerprint density at radius 2 is 1.28 bits per heavy atom. The molecule has 0 N–H and O–H groups in total. The van der Waals surface area contributed by atoms with Crippen molar-refractivity contribution in [3.63, 3.8) is 0 Å². The van der Waals surface area contributed by atoms with Crippen molar-refractivity contribution >= 4 is 11.6 Å². The Bertz CT molecular complexity index is 507. The molecule has 4 bridgehead atoms. The lowest BCUT2D eigenvalue weighted by Crippen LogP contribution is -2.41. The van der Waals surface area contributed by atoms with E-state index in [4.69, 9.17) is 0 Å². The molecule has 0 amide bonds. The molecule has 0 saturated heterocycles. The third kappa shape index (κ3) is 0.877. The summed E-state index contributed by atoms with van der Waals surface area (Å²) in [5, 5.41) is 0. The summed E-state index contributed by atoms with van der Waals surface area (Å²) in [5.74, 6) is 2.36. The second kappa shape index (κ2) is 2.87. The zero-order chi connectivity index (χ0) is 12.0. The van der Waals surface area contributed by atoms with Gasteiger partial charge in [-0.05, 0) is 49.4 Å². The molecule has 0 aliphatic heterocycles. The summed E-state index contributed by atoms with van der Waals surface area (Å²) in [7, 11) is 0. The number of allylic oxidation sites excluding steroid dienone is 4. The summed E-state index contributed by atoms with van der Waals surface area (Å²) >= 11 is 0. The van der Waals surface area contributed by atoms with Crippen LogP contribution in [0.2, 0.25) is 0 Å². The van der Waals surface area contributed by atoms with E-state index in [2.05, 4.69) is 12.2 Å². The van der Waals surface area contributed by atoms with Crippen LogP contribution < -0.4 is 0 Å². The van der Waals surface area contributed by atoms with Gasteiger partial charge in [-0.15, -0.1) is 0 Å². The Morgan fingerprint density at radius 1 is 0.778 bits per heavy atom. The number of Topliss-reactive ketones (excluding diaryl/α,β-unsaturated/α-hetero) is 2. The van der Waals surface area contributed by atoms with Crippen molar-refractivity contribution in [2.45, 2.75) is 25.7 Å². The minimum Gasteiger partial charge on any atom is -0.294 e. The molecule has 0 aromatic rings. The van der Waals surface area contributed by atoms with Gasteiger partial charge >= 0.3 is 0 Å². The van der Waals surface area contributed by atoms with Crippen LogP contribution in [0.15, 0.2) is 23.3 Å². The quantitative estimate of drug-likeness (QED) is 0.609. The fraction of sp³-hybridized carbons (Fsp3) is 0.625. The molecule has 2 fully saturated rings.